The van der Waals surface area contributed by atoms with Crippen LogP contribution in [0.4, 0.5) is 5.69 Å². The van der Waals surface area contributed by atoms with E-state index in [4.69, 9.17) is 0 Å². The van der Waals surface area contributed by atoms with Crippen LogP contribution in [-0.2, 0) is 0 Å². The van der Waals surface area contributed by atoms with Crippen molar-refractivity contribution in [3.8, 4) is 0 Å². The van der Waals surface area contributed by atoms with Crippen LogP contribution < -0.4 is 10.5 Å². The molecule has 2 N–H and O–H groups in total. The van der Waals surface area contributed by atoms with Gasteiger partial charge in [-0.1, -0.05) is 13.3 Å². The van der Waals surface area contributed by atoms with Gasteiger partial charge in [0.25, 0.3) is 11.5 Å². The highest BCUT2D eigenvalue weighted by Crippen LogP contribution is 2.26. The lowest BCUT2D eigenvalue weighted by Crippen LogP contribution is -2.28. The minimum absolute atomic E-state index is 0.0585. The summed E-state index contributed by atoms with van der Waals surface area (Å²) in [6.07, 6.45) is 3.20. The smallest absolute Gasteiger partial charge is 0.264 e. The fourth-order valence-electron chi connectivity index (χ4n) is 3.33. The SMILES string of the molecule is CCCCN(C)c1ccc(C(=O)N2CCC(c3cc(=O)[nH][nH]3)C2)cc1. The summed E-state index contributed by atoms with van der Waals surface area (Å²) in [5.41, 5.74) is 2.61. The maximum atomic E-state index is 12.7. The minimum atomic E-state index is -0.123. The Morgan fingerprint density at radius 3 is 2.68 bits per heavy atom. The molecule has 1 amide bonds. The third-order valence-electron chi connectivity index (χ3n) is 4.93. The van der Waals surface area contributed by atoms with Crippen LogP contribution >= 0.6 is 0 Å². The molecule has 0 spiro atoms. The summed E-state index contributed by atoms with van der Waals surface area (Å²) in [7, 11) is 2.08. The number of H-pyrrole nitrogens is 2. The number of anilines is 1. The highest BCUT2D eigenvalue weighted by molar-refractivity contribution is 5.94. The number of benzene rings is 1. The van der Waals surface area contributed by atoms with Gasteiger partial charge in [0.2, 0.25) is 0 Å². The number of carbonyl (C=O) groups is 1. The van der Waals surface area contributed by atoms with Crippen LogP contribution in [0.5, 0.6) is 0 Å². The zero-order chi connectivity index (χ0) is 17.8. The third kappa shape index (κ3) is 3.95. The van der Waals surface area contributed by atoms with Crippen molar-refractivity contribution in [1.82, 2.24) is 15.1 Å². The largest absolute Gasteiger partial charge is 0.375 e. The van der Waals surface area contributed by atoms with E-state index in [1.54, 1.807) is 6.07 Å². The second-order valence-electron chi connectivity index (χ2n) is 6.77. The number of hydrogen-bond donors (Lipinski definition) is 2. The molecule has 1 fully saturated rings. The van der Waals surface area contributed by atoms with Gasteiger partial charge in [-0.15, -0.1) is 0 Å². The topological polar surface area (TPSA) is 72.2 Å². The summed E-state index contributed by atoms with van der Waals surface area (Å²) in [5, 5.41) is 5.47. The Bertz CT molecular complexity index is 762. The first-order valence-electron chi connectivity index (χ1n) is 8.96. The average Bonchev–Trinajstić information content (AvgIpc) is 3.28. The van der Waals surface area contributed by atoms with Gasteiger partial charge in [0.05, 0.1) is 0 Å². The molecule has 25 heavy (non-hydrogen) atoms. The monoisotopic (exact) mass is 342 g/mol. The van der Waals surface area contributed by atoms with Crippen molar-refractivity contribution < 1.29 is 4.79 Å². The van der Waals surface area contributed by atoms with Crippen molar-refractivity contribution in [1.29, 1.82) is 0 Å². The number of nitrogens with one attached hydrogen (secondary N) is 2. The van der Waals surface area contributed by atoms with Gasteiger partial charge in [-0.25, -0.2) is 0 Å². The molecular weight excluding hydrogens is 316 g/mol. The van der Waals surface area contributed by atoms with Crippen LogP contribution in [0.3, 0.4) is 0 Å². The lowest BCUT2D eigenvalue weighted by atomic mass is 10.1. The maximum absolute atomic E-state index is 12.7. The van der Waals surface area contributed by atoms with Gasteiger partial charge >= 0.3 is 0 Å². The van der Waals surface area contributed by atoms with E-state index in [2.05, 4.69) is 29.1 Å². The molecule has 0 bridgehead atoms. The zero-order valence-corrected chi connectivity index (χ0v) is 14.9. The number of carbonyl (C=O) groups excluding carboxylic acids is 1. The Morgan fingerprint density at radius 1 is 1.28 bits per heavy atom. The predicted octanol–water partition coefficient (Wildman–Crippen LogP) is 2.57. The van der Waals surface area contributed by atoms with Crippen LogP contribution in [0, 0.1) is 0 Å². The molecule has 134 valence electrons. The van der Waals surface area contributed by atoms with E-state index in [0.717, 1.165) is 42.9 Å². The summed E-state index contributed by atoms with van der Waals surface area (Å²) in [5.74, 6) is 0.255. The van der Waals surface area contributed by atoms with E-state index in [-0.39, 0.29) is 17.4 Å². The van der Waals surface area contributed by atoms with Gasteiger partial charge in [-0.3, -0.25) is 14.7 Å². The Labute approximate surface area is 147 Å². The van der Waals surface area contributed by atoms with Crippen molar-refractivity contribution in [2.75, 3.05) is 31.6 Å². The predicted molar refractivity (Wildman–Crippen MR) is 99.3 cm³/mol. The Morgan fingerprint density at radius 2 is 2.04 bits per heavy atom. The van der Waals surface area contributed by atoms with Crippen LogP contribution in [0.1, 0.15) is 48.2 Å². The van der Waals surface area contributed by atoms with Crippen LogP contribution in [0.15, 0.2) is 35.1 Å². The molecule has 1 aromatic heterocycles. The third-order valence-corrected chi connectivity index (χ3v) is 4.93. The van der Waals surface area contributed by atoms with Crippen molar-refractivity contribution in [2.24, 2.45) is 0 Å². The molecule has 1 aliphatic heterocycles. The van der Waals surface area contributed by atoms with Crippen LogP contribution in [0.25, 0.3) is 0 Å². The van der Waals surface area contributed by atoms with Crippen LogP contribution in [0.2, 0.25) is 0 Å². The summed E-state index contributed by atoms with van der Waals surface area (Å²) < 4.78 is 0. The molecule has 1 atom stereocenters. The van der Waals surface area contributed by atoms with Crippen molar-refractivity contribution in [3.63, 3.8) is 0 Å². The summed E-state index contributed by atoms with van der Waals surface area (Å²) in [4.78, 5) is 28.1. The number of likely N-dealkylation sites (tertiary alicyclic amines) is 1. The number of amides is 1. The summed E-state index contributed by atoms with van der Waals surface area (Å²) in [6, 6.07) is 9.43. The van der Waals surface area contributed by atoms with E-state index < -0.39 is 0 Å². The molecule has 6 nitrogen and oxygen atoms in total. The Balaban J connectivity index is 1.62. The van der Waals surface area contributed by atoms with Gasteiger partial charge in [0, 0.05) is 55.6 Å². The molecular formula is C19H26N4O2. The molecule has 0 saturated carbocycles. The van der Waals surface area contributed by atoms with Gasteiger partial charge < -0.3 is 14.9 Å². The van der Waals surface area contributed by atoms with E-state index in [0.29, 0.717) is 6.54 Å². The normalized spacial score (nSPS) is 17.0. The van der Waals surface area contributed by atoms with E-state index in [1.807, 2.05) is 29.2 Å². The highest BCUT2D eigenvalue weighted by Gasteiger charge is 2.28. The number of aromatic nitrogens is 2. The molecule has 2 heterocycles. The fraction of sp³-hybridized carbons (Fsp3) is 0.474. The van der Waals surface area contributed by atoms with Gasteiger partial charge in [-0.05, 0) is 37.1 Å². The fourth-order valence-corrected chi connectivity index (χ4v) is 3.33. The summed E-state index contributed by atoms with van der Waals surface area (Å²) >= 11 is 0. The number of unbranched alkanes of at least 4 members (excludes halogenated alkanes) is 1. The van der Waals surface area contributed by atoms with Crippen LogP contribution in [-0.4, -0.2) is 47.7 Å². The van der Waals surface area contributed by atoms with Gasteiger partial charge in [0.1, 0.15) is 0 Å². The molecule has 2 aromatic rings. The quantitative estimate of drug-likeness (QED) is 0.847. The van der Waals surface area contributed by atoms with E-state index >= 15 is 0 Å². The average molecular weight is 342 g/mol. The standard InChI is InChI=1S/C19H26N4O2/c1-3-4-10-22(2)16-7-5-14(6-8-16)19(25)23-11-9-15(13-23)17-12-18(24)21-20-17/h5-8,12,15H,3-4,9-11,13H2,1-2H3,(H2,20,21,24). The van der Waals surface area contributed by atoms with Gasteiger partial charge in [-0.2, -0.15) is 0 Å². The minimum Gasteiger partial charge on any atom is -0.375 e. The molecule has 0 aliphatic carbocycles. The maximum Gasteiger partial charge on any atom is 0.264 e. The second kappa shape index (κ2) is 7.59. The zero-order valence-electron chi connectivity index (χ0n) is 14.9. The second-order valence-corrected chi connectivity index (χ2v) is 6.77. The number of hydrogen-bond acceptors (Lipinski definition) is 3. The van der Waals surface area contributed by atoms with E-state index in [9.17, 15) is 9.59 Å². The van der Waals surface area contributed by atoms with Gasteiger partial charge in [0.15, 0.2) is 0 Å². The number of rotatable bonds is 6. The Kier molecular flexibility index (Phi) is 5.26. The molecule has 1 saturated heterocycles. The van der Waals surface area contributed by atoms with Crippen molar-refractivity contribution >= 4 is 11.6 Å². The number of nitrogens with zero attached hydrogens (tertiary/aromatic N) is 2. The number of aromatic amines is 2. The van der Waals surface area contributed by atoms with Crippen molar-refractivity contribution in [2.45, 2.75) is 32.1 Å². The lowest BCUT2D eigenvalue weighted by molar-refractivity contribution is 0.0790. The first-order valence-corrected chi connectivity index (χ1v) is 8.96. The highest BCUT2D eigenvalue weighted by atomic mass is 16.2. The first kappa shape index (κ1) is 17.3. The lowest BCUT2D eigenvalue weighted by Gasteiger charge is -2.20. The summed E-state index contributed by atoms with van der Waals surface area (Å²) in [6.45, 7) is 4.56. The molecule has 3 rings (SSSR count). The molecule has 1 aromatic carbocycles. The molecule has 1 unspecified atom stereocenters. The van der Waals surface area contributed by atoms with Crippen molar-refractivity contribution in [3.05, 3.63) is 51.9 Å². The van der Waals surface area contributed by atoms with E-state index in [1.165, 1.54) is 6.42 Å². The molecule has 6 heteroatoms. The molecule has 1 aliphatic rings. The molecule has 0 radical (unpaired) electrons. The first-order chi connectivity index (χ1) is 12.1. The Hall–Kier alpha value is -2.50.